The normalized spacial score (nSPS) is 10.4. The molecule has 0 saturated carbocycles. The maximum Gasteiger partial charge on any atom is 0.255 e. The van der Waals surface area contributed by atoms with E-state index < -0.39 is 13.0 Å². The van der Waals surface area contributed by atoms with Gasteiger partial charge in [0.25, 0.3) is 6.43 Å². The van der Waals surface area contributed by atoms with Crippen LogP contribution in [0.25, 0.3) is 0 Å². The first kappa shape index (κ1) is 11.3. The van der Waals surface area contributed by atoms with Crippen molar-refractivity contribution in [3.05, 3.63) is 0 Å². The number of nitrogens with two attached hydrogens (primary N) is 1. The van der Waals surface area contributed by atoms with E-state index in [0.29, 0.717) is 13.0 Å². The topological polar surface area (TPSA) is 46.3 Å². The van der Waals surface area contributed by atoms with Crippen molar-refractivity contribution < 1.29 is 13.6 Å². The first-order valence-corrected chi connectivity index (χ1v) is 3.80. The van der Waals surface area contributed by atoms with Crippen molar-refractivity contribution in [3.8, 4) is 0 Å². The Bertz CT molecular complexity index is 141. The highest BCUT2D eigenvalue weighted by molar-refractivity contribution is 5.75. The Morgan fingerprint density at radius 3 is 2.58 bits per heavy atom. The van der Waals surface area contributed by atoms with Gasteiger partial charge in [-0.15, -0.1) is 0 Å². The molecule has 0 rings (SSSR count). The van der Waals surface area contributed by atoms with Crippen LogP contribution in [-0.4, -0.2) is 37.4 Å². The van der Waals surface area contributed by atoms with Crippen LogP contribution >= 0.6 is 0 Å². The fraction of sp³-hybridized carbons (Fsp3) is 0.857. The van der Waals surface area contributed by atoms with Gasteiger partial charge in [-0.05, 0) is 13.0 Å². The molecular weight excluding hydrogens is 166 g/mol. The number of alkyl halides is 2. The number of rotatable bonds is 5. The van der Waals surface area contributed by atoms with Crippen molar-refractivity contribution in [1.29, 1.82) is 0 Å². The highest BCUT2D eigenvalue weighted by atomic mass is 19.3. The third-order valence-corrected chi connectivity index (χ3v) is 1.43. The van der Waals surface area contributed by atoms with Crippen molar-refractivity contribution in [2.45, 2.75) is 19.3 Å². The quantitative estimate of drug-likeness (QED) is 0.667. The molecule has 0 fully saturated rings. The van der Waals surface area contributed by atoms with Crippen LogP contribution in [0.2, 0.25) is 0 Å². The predicted molar refractivity (Wildman–Crippen MR) is 41.9 cm³/mol. The van der Waals surface area contributed by atoms with Gasteiger partial charge in [-0.25, -0.2) is 8.78 Å². The lowest BCUT2D eigenvalue weighted by molar-refractivity contribution is -0.131. The van der Waals surface area contributed by atoms with Crippen molar-refractivity contribution in [2.75, 3.05) is 20.1 Å². The molecule has 0 aromatic rings. The second-order valence-corrected chi connectivity index (χ2v) is 2.56. The lowest BCUT2D eigenvalue weighted by Crippen LogP contribution is -2.31. The molecule has 0 spiro atoms. The molecule has 0 aromatic carbocycles. The van der Waals surface area contributed by atoms with E-state index in [0.717, 1.165) is 4.90 Å². The molecule has 0 aromatic heterocycles. The van der Waals surface area contributed by atoms with Gasteiger partial charge in [0.15, 0.2) is 0 Å². The zero-order valence-corrected chi connectivity index (χ0v) is 7.09. The van der Waals surface area contributed by atoms with E-state index in [9.17, 15) is 13.6 Å². The molecule has 0 aliphatic rings. The third-order valence-electron chi connectivity index (χ3n) is 1.43. The Hall–Kier alpha value is -0.710. The highest BCUT2D eigenvalue weighted by Gasteiger charge is 2.12. The second-order valence-electron chi connectivity index (χ2n) is 2.56. The standard InChI is InChI=1S/C7H14F2N2O/c1-11(5-6(8)9)7(12)3-2-4-10/h6H,2-5,10H2,1H3. The first-order chi connectivity index (χ1) is 5.57. The summed E-state index contributed by atoms with van der Waals surface area (Å²) in [5, 5.41) is 0. The Balaban J connectivity index is 3.61. The van der Waals surface area contributed by atoms with Gasteiger partial charge < -0.3 is 10.6 Å². The van der Waals surface area contributed by atoms with Gasteiger partial charge in [0, 0.05) is 13.5 Å². The lowest BCUT2D eigenvalue weighted by Gasteiger charge is -2.15. The van der Waals surface area contributed by atoms with Crippen molar-refractivity contribution in [3.63, 3.8) is 0 Å². The molecule has 12 heavy (non-hydrogen) atoms. The molecule has 0 saturated heterocycles. The van der Waals surface area contributed by atoms with Gasteiger partial charge >= 0.3 is 0 Å². The molecule has 0 aliphatic carbocycles. The summed E-state index contributed by atoms with van der Waals surface area (Å²) in [6, 6.07) is 0. The van der Waals surface area contributed by atoms with Gasteiger partial charge in [0.2, 0.25) is 5.91 Å². The summed E-state index contributed by atoms with van der Waals surface area (Å²) < 4.78 is 23.5. The van der Waals surface area contributed by atoms with Crippen molar-refractivity contribution >= 4 is 5.91 Å². The molecule has 0 radical (unpaired) electrons. The van der Waals surface area contributed by atoms with Gasteiger partial charge in [0.05, 0.1) is 6.54 Å². The lowest BCUT2D eigenvalue weighted by atomic mass is 10.3. The maximum atomic E-state index is 11.7. The van der Waals surface area contributed by atoms with Crippen molar-refractivity contribution in [2.24, 2.45) is 5.73 Å². The Morgan fingerprint density at radius 1 is 1.58 bits per heavy atom. The monoisotopic (exact) mass is 180 g/mol. The maximum absolute atomic E-state index is 11.7. The minimum Gasteiger partial charge on any atom is -0.340 e. The average molecular weight is 180 g/mol. The minimum absolute atomic E-state index is 0.250. The summed E-state index contributed by atoms with van der Waals surface area (Å²) in [5.74, 6) is -0.277. The van der Waals surface area contributed by atoms with E-state index in [4.69, 9.17) is 5.73 Å². The summed E-state index contributed by atoms with van der Waals surface area (Å²) in [6.07, 6.45) is -1.66. The van der Waals surface area contributed by atoms with Crippen molar-refractivity contribution in [1.82, 2.24) is 4.90 Å². The molecule has 3 nitrogen and oxygen atoms in total. The Labute approximate surface area is 70.5 Å². The van der Waals surface area contributed by atoms with E-state index in [1.165, 1.54) is 7.05 Å². The van der Waals surface area contributed by atoms with E-state index in [-0.39, 0.29) is 12.3 Å². The molecule has 0 bridgehead atoms. The van der Waals surface area contributed by atoms with Crippen LogP contribution in [0.4, 0.5) is 8.78 Å². The molecule has 0 atom stereocenters. The van der Waals surface area contributed by atoms with E-state index in [1.807, 2.05) is 0 Å². The zero-order chi connectivity index (χ0) is 9.56. The number of amides is 1. The van der Waals surface area contributed by atoms with E-state index >= 15 is 0 Å². The van der Waals surface area contributed by atoms with Crippen LogP contribution in [0.3, 0.4) is 0 Å². The summed E-state index contributed by atoms with van der Waals surface area (Å²) in [4.78, 5) is 12.0. The number of halogens is 2. The van der Waals surface area contributed by atoms with Crippen LogP contribution < -0.4 is 5.73 Å². The fourth-order valence-electron chi connectivity index (χ4n) is 0.753. The summed E-state index contributed by atoms with van der Waals surface area (Å²) in [6.45, 7) is -0.0857. The number of nitrogens with zero attached hydrogens (tertiary/aromatic N) is 1. The van der Waals surface area contributed by atoms with Crippen LogP contribution in [-0.2, 0) is 4.79 Å². The van der Waals surface area contributed by atoms with Gasteiger partial charge in [-0.1, -0.05) is 0 Å². The van der Waals surface area contributed by atoms with E-state index in [2.05, 4.69) is 0 Å². The van der Waals surface area contributed by atoms with Crippen LogP contribution in [0.15, 0.2) is 0 Å². The van der Waals surface area contributed by atoms with Crippen LogP contribution in [0.1, 0.15) is 12.8 Å². The van der Waals surface area contributed by atoms with Gasteiger partial charge in [0.1, 0.15) is 0 Å². The number of carbonyl (C=O) groups excluding carboxylic acids is 1. The number of carbonyl (C=O) groups is 1. The first-order valence-electron chi connectivity index (χ1n) is 3.80. The molecule has 1 amide bonds. The number of hydrogen-bond acceptors (Lipinski definition) is 2. The summed E-state index contributed by atoms with van der Waals surface area (Å²) in [5.41, 5.74) is 5.16. The molecule has 72 valence electrons. The Kier molecular flexibility index (Phi) is 5.53. The van der Waals surface area contributed by atoms with Crippen LogP contribution in [0, 0.1) is 0 Å². The summed E-state index contributed by atoms with van der Waals surface area (Å²) >= 11 is 0. The largest absolute Gasteiger partial charge is 0.340 e. The van der Waals surface area contributed by atoms with E-state index in [1.54, 1.807) is 0 Å². The van der Waals surface area contributed by atoms with Gasteiger partial charge in [-0.3, -0.25) is 4.79 Å². The third kappa shape index (κ3) is 5.01. The summed E-state index contributed by atoms with van der Waals surface area (Å²) in [7, 11) is 1.37. The minimum atomic E-state index is -2.46. The zero-order valence-electron chi connectivity index (χ0n) is 7.09. The molecular formula is C7H14F2N2O. The molecule has 0 unspecified atom stereocenters. The molecule has 5 heteroatoms. The van der Waals surface area contributed by atoms with Crippen LogP contribution in [0.5, 0.6) is 0 Å². The SMILES string of the molecule is CN(CC(F)F)C(=O)CCCN. The molecule has 2 N–H and O–H groups in total. The predicted octanol–water partition coefficient (Wildman–Crippen LogP) is 0.449. The van der Waals surface area contributed by atoms with Gasteiger partial charge in [-0.2, -0.15) is 0 Å². The second kappa shape index (κ2) is 5.88. The average Bonchev–Trinajstić information content (AvgIpc) is 1.98. The highest BCUT2D eigenvalue weighted by Crippen LogP contribution is 1.99. The Morgan fingerprint density at radius 2 is 2.17 bits per heavy atom. The molecule has 0 aliphatic heterocycles. The molecule has 0 heterocycles. The fourth-order valence-corrected chi connectivity index (χ4v) is 0.753. The smallest absolute Gasteiger partial charge is 0.255 e. The number of hydrogen-bond donors (Lipinski definition) is 1.